The summed E-state index contributed by atoms with van der Waals surface area (Å²) in [6.45, 7) is 0.724. The average molecular weight is 506 g/mol. The maximum atomic E-state index is 13.9. The van der Waals surface area contributed by atoms with Gasteiger partial charge in [0, 0.05) is 12.4 Å². The van der Waals surface area contributed by atoms with Crippen molar-refractivity contribution in [2.24, 2.45) is 5.73 Å². The number of para-hydroxylation sites is 2. The predicted octanol–water partition coefficient (Wildman–Crippen LogP) is 3.74. The Kier molecular flexibility index (Phi) is 7.26. The van der Waals surface area contributed by atoms with Crippen molar-refractivity contribution in [1.29, 1.82) is 0 Å². The maximum Gasteiger partial charge on any atom is 0.250 e. The predicted molar refractivity (Wildman–Crippen MR) is 140 cm³/mol. The number of aromatic nitrogens is 4. The Balaban J connectivity index is 1.57. The first-order chi connectivity index (χ1) is 17.5. The number of rotatable bonds is 10. The van der Waals surface area contributed by atoms with E-state index in [0.29, 0.717) is 37.6 Å². The van der Waals surface area contributed by atoms with Gasteiger partial charge in [-0.1, -0.05) is 24.3 Å². The van der Waals surface area contributed by atoms with Crippen LogP contribution in [0.15, 0.2) is 67.0 Å². The molecule has 4 N–H and O–H groups in total. The number of aryl methyl sites for hydroxylation is 1. The topological polar surface area (TPSA) is 130 Å². The van der Waals surface area contributed by atoms with E-state index in [1.54, 1.807) is 30.6 Å². The molecule has 5 rings (SSSR count). The standard InChI is InChI=1S/C26H31N7O2S/c27-15-6-14-25(36(34,35)32-23-13-3-4-16-28-23)33(18-24-30-20-10-1-2-11-21(20)31-24)22-12-5-8-19-9-7-17-29-26(19)22/h1-4,7,9-11,13,16-17,22,25H,5-6,8,12,14-15,18,27H2,(H,28,32)(H,30,31). The van der Waals surface area contributed by atoms with Crippen LogP contribution < -0.4 is 10.5 Å². The minimum absolute atomic E-state index is 0.175. The highest BCUT2D eigenvalue weighted by Gasteiger charge is 2.39. The fraction of sp³-hybridized carbons (Fsp3) is 0.346. The van der Waals surface area contributed by atoms with Crippen molar-refractivity contribution in [3.05, 3.63) is 84.1 Å². The molecule has 2 atom stereocenters. The highest BCUT2D eigenvalue weighted by atomic mass is 32.2. The van der Waals surface area contributed by atoms with Crippen LogP contribution >= 0.6 is 0 Å². The summed E-state index contributed by atoms with van der Waals surface area (Å²) in [4.78, 5) is 19.1. The van der Waals surface area contributed by atoms with E-state index in [0.717, 1.165) is 41.6 Å². The number of H-pyrrole nitrogens is 1. The Morgan fingerprint density at radius 1 is 1.08 bits per heavy atom. The van der Waals surface area contributed by atoms with Crippen LogP contribution in [0.2, 0.25) is 0 Å². The summed E-state index contributed by atoms with van der Waals surface area (Å²) in [5.41, 5.74) is 9.72. The number of pyridine rings is 2. The van der Waals surface area contributed by atoms with Crippen LogP contribution in [-0.4, -0.2) is 45.2 Å². The largest absolute Gasteiger partial charge is 0.341 e. The van der Waals surface area contributed by atoms with Gasteiger partial charge in [0.15, 0.2) is 0 Å². The van der Waals surface area contributed by atoms with E-state index in [1.165, 1.54) is 0 Å². The van der Waals surface area contributed by atoms with E-state index in [9.17, 15) is 8.42 Å². The molecular formula is C26H31N7O2S. The van der Waals surface area contributed by atoms with Crippen molar-refractivity contribution in [3.63, 3.8) is 0 Å². The fourth-order valence-electron chi connectivity index (χ4n) is 5.00. The lowest BCUT2D eigenvalue weighted by Crippen LogP contribution is -2.46. The van der Waals surface area contributed by atoms with Crippen molar-refractivity contribution in [2.75, 3.05) is 11.3 Å². The number of anilines is 1. The third-order valence-corrected chi connectivity index (χ3v) is 8.35. The summed E-state index contributed by atoms with van der Waals surface area (Å²) in [6, 6.07) is 16.8. The molecule has 188 valence electrons. The van der Waals surface area contributed by atoms with E-state index in [-0.39, 0.29) is 6.04 Å². The van der Waals surface area contributed by atoms with E-state index in [4.69, 9.17) is 15.7 Å². The number of sulfonamides is 1. The van der Waals surface area contributed by atoms with Crippen molar-refractivity contribution in [1.82, 2.24) is 24.8 Å². The quantitative estimate of drug-likeness (QED) is 0.299. The highest BCUT2D eigenvalue weighted by molar-refractivity contribution is 7.93. The van der Waals surface area contributed by atoms with Gasteiger partial charge in [-0.25, -0.2) is 18.4 Å². The number of nitrogens with zero attached hydrogens (tertiary/aromatic N) is 4. The van der Waals surface area contributed by atoms with E-state index in [1.807, 2.05) is 35.2 Å². The number of nitrogens with one attached hydrogen (secondary N) is 2. The summed E-state index contributed by atoms with van der Waals surface area (Å²) in [6.07, 6.45) is 6.99. The Hall–Kier alpha value is -3.34. The number of fused-ring (bicyclic) bond motifs is 2. The van der Waals surface area contributed by atoms with Gasteiger partial charge in [-0.15, -0.1) is 0 Å². The molecule has 1 aromatic carbocycles. The minimum Gasteiger partial charge on any atom is -0.341 e. The zero-order chi connectivity index (χ0) is 25.0. The summed E-state index contributed by atoms with van der Waals surface area (Å²) < 4.78 is 30.5. The summed E-state index contributed by atoms with van der Waals surface area (Å²) in [5.74, 6) is 1.01. The molecule has 3 aromatic heterocycles. The van der Waals surface area contributed by atoms with Crippen molar-refractivity contribution < 1.29 is 8.42 Å². The number of hydrogen-bond acceptors (Lipinski definition) is 7. The van der Waals surface area contributed by atoms with Crippen LogP contribution in [0.5, 0.6) is 0 Å². The van der Waals surface area contributed by atoms with Gasteiger partial charge in [0.1, 0.15) is 17.0 Å². The SMILES string of the molecule is NCCCC(N(Cc1nc2ccccc2[nH]1)C1CCCc2cccnc21)S(=O)(=O)Nc1ccccn1. The Morgan fingerprint density at radius 2 is 1.92 bits per heavy atom. The van der Waals surface area contributed by atoms with Crippen LogP contribution in [0.4, 0.5) is 5.82 Å². The summed E-state index contributed by atoms with van der Waals surface area (Å²) in [7, 11) is -3.86. The second-order valence-electron chi connectivity index (χ2n) is 9.08. The van der Waals surface area contributed by atoms with E-state index >= 15 is 0 Å². The molecule has 0 aliphatic heterocycles. The lowest BCUT2D eigenvalue weighted by molar-refractivity contribution is 0.137. The van der Waals surface area contributed by atoms with Crippen LogP contribution in [-0.2, 0) is 23.0 Å². The number of hydrogen-bond donors (Lipinski definition) is 3. The normalized spacial score (nSPS) is 16.7. The van der Waals surface area contributed by atoms with Crippen LogP contribution in [0, 0.1) is 0 Å². The monoisotopic (exact) mass is 505 g/mol. The average Bonchev–Trinajstić information content (AvgIpc) is 3.31. The molecule has 0 amide bonds. The van der Waals surface area contributed by atoms with E-state index in [2.05, 4.69) is 20.8 Å². The highest BCUT2D eigenvalue weighted by Crippen LogP contribution is 2.37. The summed E-state index contributed by atoms with van der Waals surface area (Å²) >= 11 is 0. The maximum absolute atomic E-state index is 13.9. The Bertz CT molecular complexity index is 1380. The van der Waals surface area contributed by atoms with Gasteiger partial charge >= 0.3 is 0 Å². The molecule has 36 heavy (non-hydrogen) atoms. The van der Waals surface area contributed by atoms with Crippen LogP contribution in [0.25, 0.3) is 11.0 Å². The van der Waals surface area contributed by atoms with Gasteiger partial charge in [-0.2, -0.15) is 0 Å². The molecule has 4 aromatic rings. The van der Waals surface area contributed by atoms with Crippen LogP contribution in [0.1, 0.15) is 48.8 Å². The molecule has 1 aliphatic rings. The molecule has 0 saturated carbocycles. The third-order valence-electron chi connectivity index (χ3n) is 6.63. The van der Waals surface area contributed by atoms with E-state index < -0.39 is 15.4 Å². The fourth-order valence-corrected chi connectivity index (χ4v) is 6.61. The van der Waals surface area contributed by atoms with Crippen LogP contribution in [0.3, 0.4) is 0 Å². The number of benzene rings is 1. The zero-order valence-electron chi connectivity index (χ0n) is 20.0. The Morgan fingerprint density at radius 3 is 2.72 bits per heavy atom. The number of imidazole rings is 1. The van der Waals surface area contributed by atoms with Gasteiger partial charge in [0.2, 0.25) is 10.0 Å². The smallest absolute Gasteiger partial charge is 0.250 e. The second-order valence-corrected chi connectivity index (χ2v) is 10.9. The number of aromatic amines is 1. The van der Waals surface area contributed by atoms with Crippen molar-refractivity contribution in [3.8, 4) is 0 Å². The molecule has 0 bridgehead atoms. The van der Waals surface area contributed by atoms with Gasteiger partial charge < -0.3 is 10.7 Å². The molecule has 1 aliphatic carbocycles. The molecule has 9 nitrogen and oxygen atoms in total. The molecule has 0 spiro atoms. The number of nitrogens with two attached hydrogens (primary N) is 1. The zero-order valence-corrected chi connectivity index (χ0v) is 20.9. The molecule has 10 heteroatoms. The minimum atomic E-state index is -3.86. The molecule has 2 unspecified atom stereocenters. The second kappa shape index (κ2) is 10.7. The lowest BCUT2D eigenvalue weighted by atomic mass is 9.90. The van der Waals surface area contributed by atoms with Crippen molar-refractivity contribution in [2.45, 2.75) is 50.1 Å². The van der Waals surface area contributed by atoms with Gasteiger partial charge in [0.25, 0.3) is 0 Å². The lowest BCUT2D eigenvalue weighted by Gasteiger charge is -2.39. The Labute approximate surface area is 211 Å². The summed E-state index contributed by atoms with van der Waals surface area (Å²) in [5, 5.41) is -0.853. The van der Waals surface area contributed by atoms with Gasteiger partial charge in [-0.3, -0.25) is 14.6 Å². The molecule has 3 heterocycles. The first kappa shape index (κ1) is 24.4. The molecule has 0 fully saturated rings. The third kappa shape index (κ3) is 5.25. The van der Waals surface area contributed by atoms with Gasteiger partial charge in [-0.05, 0) is 74.5 Å². The first-order valence-electron chi connectivity index (χ1n) is 12.3. The van der Waals surface area contributed by atoms with Gasteiger partial charge in [0.05, 0.1) is 29.3 Å². The molecule has 0 saturated heterocycles. The molecular weight excluding hydrogens is 474 g/mol. The first-order valence-corrected chi connectivity index (χ1v) is 13.9. The molecule has 0 radical (unpaired) electrons. The van der Waals surface area contributed by atoms with Crippen molar-refractivity contribution >= 4 is 26.9 Å².